The van der Waals surface area contributed by atoms with Gasteiger partial charge in [0.2, 0.25) is 0 Å². The van der Waals surface area contributed by atoms with Gasteiger partial charge in [0.05, 0.1) is 16.1 Å². The molecule has 0 aliphatic rings. The Morgan fingerprint density at radius 2 is 1.87 bits per heavy atom. The second kappa shape index (κ2) is 5.68. The molecule has 0 aliphatic heterocycles. The molecule has 84 valence electrons. The van der Waals surface area contributed by atoms with E-state index in [1.165, 1.54) is 0 Å². The average molecular weight is 251 g/mol. The summed E-state index contributed by atoms with van der Waals surface area (Å²) in [7, 11) is 0. The minimum atomic E-state index is -1.14. The molecule has 0 bridgehead atoms. The van der Waals surface area contributed by atoms with Gasteiger partial charge in [0.1, 0.15) is 6.10 Å². The lowest BCUT2D eigenvalue weighted by Crippen LogP contribution is -2.19. The summed E-state index contributed by atoms with van der Waals surface area (Å²) in [6, 6.07) is 4.82. The largest absolute Gasteiger partial charge is 0.396 e. The van der Waals surface area contributed by atoms with E-state index >= 15 is 0 Å². The molecule has 2 unspecified atom stereocenters. The molecule has 5 heteroatoms. The van der Waals surface area contributed by atoms with E-state index in [1.807, 2.05) is 0 Å². The molecule has 0 amide bonds. The number of aliphatic hydroxyl groups excluding tert-OH is 3. The Morgan fingerprint density at radius 3 is 2.47 bits per heavy atom. The first-order chi connectivity index (χ1) is 7.07. The van der Waals surface area contributed by atoms with Gasteiger partial charge in [0.25, 0.3) is 0 Å². The summed E-state index contributed by atoms with van der Waals surface area (Å²) >= 11 is 11.6. The van der Waals surface area contributed by atoms with Gasteiger partial charge in [-0.1, -0.05) is 35.3 Å². The molecule has 15 heavy (non-hydrogen) atoms. The molecule has 0 fully saturated rings. The maximum atomic E-state index is 9.72. The second-order valence-corrected chi connectivity index (χ2v) is 3.95. The molecule has 0 radical (unpaired) electrons. The van der Waals surface area contributed by atoms with E-state index in [2.05, 4.69) is 0 Å². The molecule has 2 atom stereocenters. The van der Waals surface area contributed by atoms with Crippen molar-refractivity contribution in [1.29, 1.82) is 0 Å². The lowest BCUT2D eigenvalue weighted by Gasteiger charge is -2.18. The number of hydrogen-bond acceptors (Lipinski definition) is 3. The molecule has 1 rings (SSSR count). The predicted octanol–water partition coefficient (Wildman–Crippen LogP) is 1.77. The van der Waals surface area contributed by atoms with Gasteiger partial charge in [-0.2, -0.15) is 0 Å². The van der Waals surface area contributed by atoms with Crippen LogP contribution in [0.2, 0.25) is 10.0 Å². The summed E-state index contributed by atoms with van der Waals surface area (Å²) in [6.07, 6.45) is -2.10. The summed E-state index contributed by atoms with van der Waals surface area (Å²) < 4.78 is 0. The van der Waals surface area contributed by atoms with Crippen LogP contribution >= 0.6 is 23.2 Å². The second-order valence-electron chi connectivity index (χ2n) is 3.17. The number of rotatable bonds is 4. The van der Waals surface area contributed by atoms with E-state index in [4.69, 9.17) is 28.3 Å². The highest BCUT2D eigenvalue weighted by molar-refractivity contribution is 6.42. The van der Waals surface area contributed by atoms with Crippen LogP contribution in [0.25, 0.3) is 0 Å². The van der Waals surface area contributed by atoms with Crippen LogP contribution < -0.4 is 0 Å². The molecule has 3 nitrogen and oxygen atoms in total. The highest BCUT2D eigenvalue weighted by atomic mass is 35.5. The maximum Gasteiger partial charge on any atom is 0.106 e. The predicted molar refractivity (Wildman–Crippen MR) is 59.1 cm³/mol. The van der Waals surface area contributed by atoms with Crippen LogP contribution in [-0.2, 0) is 0 Å². The third-order valence-corrected chi connectivity index (χ3v) is 2.92. The van der Waals surface area contributed by atoms with E-state index in [9.17, 15) is 10.2 Å². The van der Waals surface area contributed by atoms with Crippen molar-refractivity contribution in [3.8, 4) is 0 Å². The highest BCUT2D eigenvalue weighted by Gasteiger charge is 2.21. The molecule has 1 aromatic carbocycles. The van der Waals surface area contributed by atoms with E-state index in [1.54, 1.807) is 18.2 Å². The van der Waals surface area contributed by atoms with Crippen molar-refractivity contribution in [2.75, 3.05) is 6.61 Å². The molecule has 0 aromatic heterocycles. The van der Waals surface area contributed by atoms with Crippen molar-refractivity contribution in [3.63, 3.8) is 0 Å². The average Bonchev–Trinajstić information content (AvgIpc) is 2.21. The Balaban J connectivity index is 2.90. The van der Waals surface area contributed by atoms with Crippen molar-refractivity contribution >= 4 is 23.2 Å². The van der Waals surface area contributed by atoms with Gasteiger partial charge >= 0.3 is 0 Å². The standard InChI is InChI=1S/C10H12Cl2O3/c11-7-3-1-2-6(9(7)12)10(15)8(14)4-5-13/h1-3,8,10,13-15H,4-5H2. The van der Waals surface area contributed by atoms with E-state index in [-0.39, 0.29) is 18.1 Å². The van der Waals surface area contributed by atoms with Gasteiger partial charge in [-0.05, 0) is 12.5 Å². The van der Waals surface area contributed by atoms with Crippen molar-refractivity contribution in [2.24, 2.45) is 0 Å². The third-order valence-electron chi connectivity index (χ3n) is 2.09. The van der Waals surface area contributed by atoms with Gasteiger partial charge in [-0.15, -0.1) is 0 Å². The number of benzene rings is 1. The lowest BCUT2D eigenvalue weighted by molar-refractivity contribution is 0.00427. The molecule has 0 heterocycles. The maximum absolute atomic E-state index is 9.72. The fourth-order valence-electron chi connectivity index (χ4n) is 1.25. The van der Waals surface area contributed by atoms with E-state index < -0.39 is 12.2 Å². The first kappa shape index (κ1) is 12.7. The van der Waals surface area contributed by atoms with Crippen LogP contribution in [0.15, 0.2) is 18.2 Å². The highest BCUT2D eigenvalue weighted by Crippen LogP contribution is 2.31. The first-order valence-corrected chi connectivity index (χ1v) is 5.24. The molecular formula is C10H12Cl2O3. The first-order valence-electron chi connectivity index (χ1n) is 4.48. The Hall–Kier alpha value is -0.320. The number of aliphatic hydroxyl groups is 3. The zero-order valence-electron chi connectivity index (χ0n) is 7.90. The van der Waals surface area contributed by atoms with Gasteiger partial charge in [-0.25, -0.2) is 0 Å². The van der Waals surface area contributed by atoms with Gasteiger partial charge < -0.3 is 15.3 Å². The summed E-state index contributed by atoms with van der Waals surface area (Å²) in [5.74, 6) is 0. The minimum absolute atomic E-state index is 0.0873. The molecule has 0 spiro atoms. The minimum Gasteiger partial charge on any atom is -0.396 e. The fraction of sp³-hybridized carbons (Fsp3) is 0.400. The van der Waals surface area contributed by atoms with Gasteiger partial charge in [-0.3, -0.25) is 0 Å². The summed E-state index contributed by atoms with van der Waals surface area (Å²) in [5.41, 5.74) is 0.366. The lowest BCUT2D eigenvalue weighted by atomic mass is 10.0. The van der Waals surface area contributed by atoms with E-state index in [0.717, 1.165) is 0 Å². The molecule has 1 aromatic rings. The van der Waals surface area contributed by atoms with Crippen LogP contribution in [-0.4, -0.2) is 28.0 Å². The molecule has 0 saturated heterocycles. The van der Waals surface area contributed by atoms with Crippen LogP contribution in [0.5, 0.6) is 0 Å². The Labute approximate surface area is 97.9 Å². The Kier molecular flexibility index (Phi) is 4.83. The third kappa shape index (κ3) is 3.06. The van der Waals surface area contributed by atoms with Crippen molar-refractivity contribution in [1.82, 2.24) is 0 Å². The summed E-state index contributed by atoms with van der Waals surface area (Å²) in [4.78, 5) is 0. The molecular weight excluding hydrogens is 239 g/mol. The fourth-order valence-corrected chi connectivity index (χ4v) is 1.67. The van der Waals surface area contributed by atoms with E-state index in [0.29, 0.717) is 10.6 Å². The number of hydrogen-bond donors (Lipinski definition) is 3. The van der Waals surface area contributed by atoms with Gasteiger partial charge in [0, 0.05) is 12.2 Å². The zero-order chi connectivity index (χ0) is 11.4. The van der Waals surface area contributed by atoms with Crippen LogP contribution in [0.3, 0.4) is 0 Å². The van der Waals surface area contributed by atoms with Crippen LogP contribution in [0, 0.1) is 0 Å². The SMILES string of the molecule is OCCC(O)C(O)c1cccc(Cl)c1Cl. The Bertz CT molecular complexity index is 330. The quantitative estimate of drug-likeness (QED) is 0.764. The van der Waals surface area contributed by atoms with Gasteiger partial charge in [0.15, 0.2) is 0 Å². The monoisotopic (exact) mass is 250 g/mol. The smallest absolute Gasteiger partial charge is 0.106 e. The number of halogens is 2. The van der Waals surface area contributed by atoms with Crippen molar-refractivity contribution in [3.05, 3.63) is 33.8 Å². The molecule has 0 aliphatic carbocycles. The topological polar surface area (TPSA) is 60.7 Å². The van der Waals surface area contributed by atoms with Crippen molar-refractivity contribution in [2.45, 2.75) is 18.6 Å². The van der Waals surface area contributed by atoms with Crippen LogP contribution in [0.4, 0.5) is 0 Å². The van der Waals surface area contributed by atoms with Crippen molar-refractivity contribution < 1.29 is 15.3 Å². The zero-order valence-corrected chi connectivity index (χ0v) is 9.41. The normalized spacial score (nSPS) is 15.0. The Morgan fingerprint density at radius 1 is 1.20 bits per heavy atom. The van der Waals surface area contributed by atoms with Crippen LogP contribution in [0.1, 0.15) is 18.1 Å². The summed E-state index contributed by atoms with van der Waals surface area (Å²) in [6.45, 7) is -0.198. The molecule has 3 N–H and O–H groups in total. The summed E-state index contributed by atoms with van der Waals surface area (Å²) in [5, 5.41) is 28.4. The molecule has 0 saturated carbocycles.